The molecule has 0 saturated carbocycles. The molecule has 2 nitrogen and oxygen atoms in total. The highest BCUT2D eigenvalue weighted by Gasteiger charge is 2.34. The number of alkyl halides is 3. The number of nitrogens with zero attached hydrogens (tertiary/aromatic N) is 1. The van der Waals surface area contributed by atoms with Crippen molar-refractivity contribution in [2.24, 2.45) is 5.73 Å². The summed E-state index contributed by atoms with van der Waals surface area (Å²) in [6.07, 6.45) is -2.66. The van der Waals surface area contributed by atoms with Crippen molar-refractivity contribution in [2.75, 3.05) is 13.1 Å². The van der Waals surface area contributed by atoms with Gasteiger partial charge in [-0.2, -0.15) is 13.2 Å². The lowest BCUT2D eigenvalue weighted by molar-refractivity contribution is -0.137. The molecule has 1 heterocycles. The summed E-state index contributed by atoms with van der Waals surface area (Å²) in [5.74, 6) is 0. The van der Waals surface area contributed by atoms with Crippen LogP contribution in [0.3, 0.4) is 0 Å². The number of hydrogen-bond acceptors (Lipinski definition) is 2. The molecule has 0 aromatic heterocycles. The molecule has 0 amide bonds. The molecule has 19 heavy (non-hydrogen) atoms. The average molecular weight is 293 g/mol. The summed E-state index contributed by atoms with van der Waals surface area (Å²) in [4.78, 5) is 2.09. The molecule has 0 aliphatic carbocycles. The molecule has 0 bridgehead atoms. The van der Waals surface area contributed by atoms with Crippen LogP contribution in [0.15, 0.2) is 18.2 Å². The van der Waals surface area contributed by atoms with Gasteiger partial charge in [0.05, 0.1) is 10.6 Å². The van der Waals surface area contributed by atoms with Crippen LogP contribution in [0.4, 0.5) is 13.2 Å². The minimum absolute atomic E-state index is 0.190. The minimum atomic E-state index is -4.41. The molecule has 0 spiro atoms. The Bertz CT molecular complexity index is 440. The number of likely N-dealkylation sites (tertiary alicyclic amines) is 1. The Hall–Kier alpha value is -0.780. The van der Waals surface area contributed by atoms with E-state index in [4.69, 9.17) is 17.3 Å². The van der Waals surface area contributed by atoms with Gasteiger partial charge in [-0.3, -0.25) is 4.90 Å². The van der Waals surface area contributed by atoms with Gasteiger partial charge in [-0.15, -0.1) is 0 Å². The lowest BCUT2D eigenvalue weighted by atomic mass is 10.0. The molecule has 0 unspecified atom stereocenters. The van der Waals surface area contributed by atoms with E-state index in [9.17, 15) is 13.2 Å². The quantitative estimate of drug-likeness (QED) is 0.906. The number of halogens is 4. The molecule has 1 fully saturated rings. The summed E-state index contributed by atoms with van der Waals surface area (Å²) in [6, 6.07) is 4.26. The summed E-state index contributed by atoms with van der Waals surface area (Å²) in [6.45, 7) is 2.04. The van der Waals surface area contributed by atoms with Gasteiger partial charge in [-0.25, -0.2) is 0 Å². The van der Waals surface area contributed by atoms with Crippen molar-refractivity contribution < 1.29 is 13.2 Å². The first-order valence-corrected chi connectivity index (χ1v) is 6.58. The minimum Gasteiger partial charge on any atom is -0.328 e. The lowest BCUT2D eigenvalue weighted by Gasteiger charge is -2.30. The van der Waals surface area contributed by atoms with Gasteiger partial charge in [0.2, 0.25) is 0 Å². The maximum absolute atomic E-state index is 12.7. The number of nitrogens with two attached hydrogens (primary N) is 1. The predicted octanol–water partition coefficient (Wildman–Crippen LogP) is 3.28. The van der Waals surface area contributed by atoms with Crippen molar-refractivity contribution in [3.63, 3.8) is 0 Å². The number of benzene rings is 1. The third kappa shape index (κ3) is 3.61. The van der Waals surface area contributed by atoms with E-state index in [0.29, 0.717) is 12.1 Å². The van der Waals surface area contributed by atoms with Crippen LogP contribution < -0.4 is 5.73 Å². The SMILES string of the molecule is NC1CCN(Cc2cccc(C(F)(F)F)c2Cl)CC1. The van der Waals surface area contributed by atoms with Gasteiger partial charge < -0.3 is 5.73 Å². The highest BCUT2D eigenvalue weighted by molar-refractivity contribution is 6.32. The average Bonchev–Trinajstić information content (AvgIpc) is 2.33. The first-order valence-electron chi connectivity index (χ1n) is 6.20. The van der Waals surface area contributed by atoms with Crippen LogP contribution in [0.5, 0.6) is 0 Å². The summed E-state index contributed by atoms with van der Waals surface area (Å²) < 4.78 is 38.2. The van der Waals surface area contributed by atoms with Crippen LogP contribution in [-0.2, 0) is 12.7 Å². The summed E-state index contributed by atoms with van der Waals surface area (Å²) in [7, 11) is 0. The van der Waals surface area contributed by atoms with Gasteiger partial charge >= 0.3 is 6.18 Å². The van der Waals surface area contributed by atoms with E-state index in [2.05, 4.69) is 4.90 Å². The van der Waals surface area contributed by atoms with Gasteiger partial charge in [0.25, 0.3) is 0 Å². The van der Waals surface area contributed by atoms with Gasteiger partial charge in [0, 0.05) is 12.6 Å². The van der Waals surface area contributed by atoms with Gasteiger partial charge in [-0.05, 0) is 37.6 Å². The normalized spacial score (nSPS) is 18.8. The zero-order valence-corrected chi connectivity index (χ0v) is 11.1. The van der Waals surface area contributed by atoms with Crippen LogP contribution >= 0.6 is 11.6 Å². The standard InChI is InChI=1S/C13H16ClF3N2/c14-12-9(2-1-3-11(12)13(15,16)17)8-19-6-4-10(18)5-7-19/h1-3,10H,4-8,18H2. The van der Waals surface area contributed by atoms with Crippen LogP contribution in [0.1, 0.15) is 24.0 Å². The molecule has 1 saturated heterocycles. The van der Waals surface area contributed by atoms with E-state index in [-0.39, 0.29) is 11.1 Å². The molecule has 6 heteroatoms. The Labute approximate surface area is 115 Å². The highest BCUT2D eigenvalue weighted by atomic mass is 35.5. The zero-order valence-electron chi connectivity index (χ0n) is 10.4. The second kappa shape index (κ2) is 5.69. The fourth-order valence-electron chi connectivity index (χ4n) is 2.27. The molecular formula is C13H16ClF3N2. The Morgan fingerprint density at radius 1 is 1.26 bits per heavy atom. The van der Waals surface area contributed by atoms with E-state index in [1.807, 2.05) is 0 Å². The zero-order chi connectivity index (χ0) is 14.0. The van der Waals surface area contributed by atoms with Crippen molar-refractivity contribution in [3.05, 3.63) is 34.3 Å². The van der Waals surface area contributed by atoms with Crippen LogP contribution in [0.25, 0.3) is 0 Å². The van der Waals surface area contributed by atoms with Crippen molar-refractivity contribution in [3.8, 4) is 0 Å². The second-order valence-electron chi connectivity index (χ2n) is 4.89. The first-order chi connectivity index (χ1) is 8.88. The van der Waals surface area contributed by atoms with Crippen LogP contribution in [-0.4, -0.2) is 24.0 Å². The fourth-order valence-corrected chi connectivity index (χ4v) is 2.57. The van der Waals surface area contributed by atoms with Crippen LogP contribution in [0, 0.1) is 0 Å². The van der Waals surface area contributed by atoms with Crippen molar-refractivity contribution in [1.29, 1.82) is 0 Å². The summed E-state index contributed by atoms with van der Waals surface area (Å²) >= 11 is 5.87. The summed E-state index contributed by atoms with van der Waals surface area (Å²) in [5.41, 5.74) is 5.56. The molecule has 2 N–H and O–H groups in total. The van der Waals surface area contributed by atoms with E-state index < -0.39 is 11.7 Å². The largest absolute Gasteiger partial charge is 0.417 e. The molecule has 106 valence electrons. The van der Waals surface area contributed by atoms with E-state index in [0.717, 1.165) is 32.0 Å². The van der Waals surface area contributed by atoms with Crippen molar-refractivity contribution in [1.82, 2.24) is 4.90 Å². The maximum Gasteiger partial charge on any atom is 0.417 e. The molecule has 1 aliphatic rings. The van der Waals surface area contributed by atoms with Crippen molar-refractivity contribution in [2.45, 2.75) is 31.6 Å². The molecular weight excluding hydrogens is 277 g/mol. The highest BCUT2D eigenvalue weighted by Crippen LogP contribution is 2.36. The van der Waals surface area contributed by atoms with Gasteiger partial charge in [0.15, 0.2) is 0 Å². The molecule has 1 aromatic rings. The molecule has 1 aromatic carbocycles. The number of rotatable bonds is 2. The topological polar surface area (TPSA) is 29.3 Å². The molecule has 0 radical (unpaired) electrons. The Balaban J connectivity index is 2.13. The summed E-state index contributed by atoms with van der Waals surface area (Å²) in [5, 5.41) is -0.190. The Morgan fingerprint density at radius 2 is 1.89 bits per heavy atom. The molecule has 2 rings (SSSR count). The van der Waals surface area contributed by atoms with E-state index in [1.54, 1.807) is 6.07 Å². The second-order valence-corrected chi connectivity index (χ2v) is 5.27. The lowest BCUT2D eigenvalue weighted by Crippen LogP contribution is -2.39. The van der Waals surface area contributed by atoms with E-state index in [1.165, 1.54) is 6.07 Å². The number of piperidine rings is 1. The van der Waals surface area contributed by atoms with Crippen LogP contribution in [0.2, 0.25) is 5.02 Å². The monoisotopic (exact) mass is 292 g/mol. The third-order valence-electron chi connectivity index (χ3n) is 3.41. The maximum atomic E-state index is 12.7. The number of hydrogen-bond donors (Lipinski definition) is 1. The predicted molar refractivity (Wildman–Crippen MR) is 68.9 cm³/mol. The van der Waals surface area contributed by atoms with Gasteiger partial charge in [-0.1, -0.05) is 23.7 Å². The fraction of sp³-hybridized carbons (Fsp3) is 0.538. The van der Waals surface area contributed by atoms with Gasteiger partial charge in [0.1, 0.15) is 0 Å². The van der Waals surface area contributed by atoms with Crippen molar-refractivity contribution >= 4 is 11.6 Å². The first kappa shape index (κ1) is 14.6. The Kier molecular flexibility index (Phi) is 4.38. The third-order valence-corrected chi connectivity index (χ3v) is 3.86. The smallest absolute Gasteiger partial charge is 0.328 e. The molecule has 0 atom stereocenters. The molecule has 1 aliphatic heterocycles. The van der Waals surface area contributed by atoms with E-state index >= 15 is 0 Å². The Morgan fingerprint density at radius 3 is 2.47 bits per heavy atom.